The van der Waals surface area contributed by atoms with E-state index < -0.39 is 23.5 Å². The monoisotopic (exact) mass is 389 g/mol. The second kappa shape index (κ2) is 10.6. The molecule has 7 heteroatoms. The molecule has 0 aromatic heterocycles. The first-order chi connectivity index (χ1) is 13.0. The van der Waals surface area contributed by atoms with E-state index in [0.717, 1.165) is 18.4 Å². The summed E-state index contributed by atoms with van der Waals surface area (Å²) < 4.78 is 5.20. The number of rotatable bonds is 9. The zero-order chi connectivity index (χ0) is 21.3. The number of hydrogen-bond acceptors (Lipinski definition) is 5. The van der Waals surface area contributed by atoms with Crippen LogP contribution in [0, 0.1) is 12.5 Å². The summed E-state index contributed by atoms with van der Waals surface area (Å²) in [5.41, 5.74) is 0.567. The van der Waals surface area contributed by atoms with Gasteiger partial charge in [-0.05, 0) is 38.7 Å². The third-order valence-electron chi connectivity index (χ3n) is 3.60. The topological polar surface area (TPSA) is 102 Å². The minimum atomic E-state index is -0.790. The van der Waals surface area contributed by atoms with Crippen molar-refractivity contribution < 1.29 is 23.9 Å². The number of carbonyl (C=O) groups is 4. The first-order valence-corrected chi connectivity index (χ1v) is 9.20. The highest BCUT2D eigenvalue weighted by atomic mass is 16.6. The molecule has 0 heterocycles. The van der Waals surface area contributed by atoms with Crippen molar-refractivity contribution in [2.75, 3.05) is 0 Å². The highest BCUT2D eigenvalue weighted by Crippen LogP contribution is 2.10. The number of amides is 2. The Morgan fingerprint density at radius 3 is 2.21 bits per heavy atom. The van der Waals surface area contributed by atoms with E-state index in [1.165, 1.54) is 0 Å². The number of carbonyl (C=O) groups excluding carboxylic acids is 4. The number of Topliss-reactive ketones (excluding diaryl/α,β-unsaturated/α-hetero) is 1. The molecule has 0 fully saturated rings. The van der Waals surface area contributed by atoms with E-state index in [1.807, 2.05) is 13.8 Å². The zero-order valence-electron chi connectivity index (χ0n) is 17.1. The number of benzene rings is 1. The van der Waals surface area contributed by atoms with Crippen LogP contribution in [-0.4, -0.2) is 35.7 Å². The summed E-state index contributed by atoms with van der Waals surface area (Å²) in [5.74, 6) is -0.624. The minimum absolute atomic E-state index is 0.0667. The Labute approximate surface area is 166 Å². The molecule has 0 aliphatic heterocycles. The van der Waals surface area contributed by atoms with Crippen LogP contribution in [0.1, 0.15) is 57.0 Å². The van der Waals surface area contributed by atoms with Crippen molar-refractivity contribution >= 4 is 24.1 Å². The van der Waals surface area contributed by atoms with Crippen LogP contribution in [0.15, 0.2) is 24.3 Å². The van der Waals surface area contributed by atoms with Gasteiger partial charge in [-0.15, -0.1) is 0 Å². The van der Waals surface area contributed by atoms with E-state index in [0.29, 0.717) is 12.0 Å². The summed E-state index contributed by atoms with van der Waals surface area (Å²) in [6.45, 7) is 10.1. The Kier molecular flexibility index (Phi) is 8.82. The van der Waals surface area contributed by atoms with E-state index in [4.69, 9.17) is 4.74 Å². The van der Waals surface area contributed by atoms with E-state index in [1.54, 1.807) is 45.0 Å². The minimum Gasteiger partial charge on any atom is -0.444 e. The molecule has 28 heavy (non-hydrogen) atoms. The van der Waals surface area contributed by atoms with Gasteiger partial charge in [0, 0.05) is 5.56 Å². The lowest BCUT2D eigenvalue weighted by molar-refractivity contribution is -0.123. The summed E-state index contributed by atoms with van der Waals surface area (Å²) in [4.78, 5) is 47.1. The molecule has 0 saturated heterocycles. The van der Waals surface area contributed by atoms with Gasteiger partial charge >= 0.3 is 6.09 Å². The fourth-order valence-corrected chi connectivity index (χ4v) is 2.37. The second-order valence-corrected chi connectivity index (χ2v) is 7.98. The molecule has 0 spiro atoms. The Hall–Kier alpha value is -2.70. The van der Waals surface area contributed by atoms with Gasteiger partial charge in [0.05, 0.1) is 12.5 Å². The van der Waals surface area contributed by atoms with Crippen LogP contribution < -0.4 is 10.6 Å². The molecule has 0 saturated carbocycles. The average Bonchev–Trinajstić information content (AvgIpc) is 2.57. The van der Waals surface area contributed by atoms with Crippen LogP contribution in [0.2, 0.25) is 0 Å². The third kappa shape index (κ3) is 9.30. The molecule has 0 unspecified atom stereocenters. The summed E-state index contributed by atoms with van der Waals surface area (Å²) in [6.07, 6.45) is 0.527. The fourth-order valence-electron chi connectivity index (χ4n) is 2.37. The SMILES string of the molecule is CC(C)C[C@H](NC(=O)OC(C)(C)C)C(=O)[CH]NC(=O)Cc1ccc(C=O)cc1. The lowest BCUT2D eigenvalue weighted by atomic mass is 10.00. The van der Waals surface area contributed by atoms with Crippen molar-refractivity contribution in [1.82, 2.24) is 10.6 Å². The van der Waals surface area contributed by atoms with Crippen LogP contribution in [0.4, 0.5) is 4.79 Å². The summed E-state index contributed by atoms with van der Waals surface area (Å²) in [5, 5.41) is 5.02. The number of alkyl carbamates (subject to hydrolysis) is 1. The van der Waals surface area contributed by atoms with E-state index in [-0.39, 0.29) is 18.2 Å². The van der Waals surface area contributed by atoms with Gasteiger partial charge < -0.3 is 15.4 Å². The largest absolute Gasteiger partial charge is 0.444 e. The van der Waals surface area contributed by atoms with Crippen molar-refractivity contribution in [3.05, 3.63) is 41.9 Å². The molecular formula is C21H29N2O5. The molecule has 0 bridgehead atoms. The molecule has 1 aromatic rings. The van der Waals surface area contributed by atoms with Gasteiger partial charge in [0.15, 0.2) is 5.78 Å². The molecule has 1 aromatic carbocycles. The summed E-state index contributed by atoms with van der Waals surface area (Å²) >= 11 is 0. The lowest BCUT2D eigenvalue weighted by Crippen LogP contribution is -2.46. The van der Waals surface area contributed by atoms with Gasteiger partial charge in [0.1, 0.15) is 18.4 Å². The molecule has 0 aliphatic rings. The predicted octanol–water partition coefficient (Wildman–Crippen LogP) is 2.83. The van der Waals surface area contributed by atoms with Crippen molar-refractivity contribution in [2.24, 2.45) is 5.92 Å². The van der Waals surface area contributed by atoms with E-state index >= 15 is 0 Å². The maximum Gasteiger partial charge on any atom is 0.408 e. The number of nitrogens with one attached hydrogen (secondary N) is 2. The van der Waals surface area contributed by atoms with Gasteiger partial charge in [-0.3, -0.25) is 14.4 Å². The molecule has 2 amide bonds. The summed E-state index contributed by atoms with van der Waals surface area (Å²) in [6, 6.07) is 5.80. The highest BCUT2D eigenvalue weighted by Gasteiger charge is 2.25. The fraction of sp³-hybridized carbons (Fsp3) is 0.476. The molecule has 2 N–H and O–H groups in total. The molecule has 1 atom stereocenters. The normalized spacial score (nSPS) is 12.2. The summed E-state index contributed by atoms with van der Waals surface area (Å²) in [7, 11) is 0. The van der Waals surface area contributed by atoms with Crippen LogP contribution in [0.25, 0.3) is 0 Å². The smallest absolute Gasteiger partial charge is 0.408 e. The quantitative estimate of drug-likeness (QED) is 0.633. The standard InChI is InChI=1S/C21H29N2O5/c1-14(2)10-17(23-20(27)28-21(3,4)5)18(25)12-22-19(26)11-15-6-8-16(13-24)9-7-15/h6-9,12-14,17H,10-11H2,1-5H3,(H,22,26)(H,23,27)/t17-/m0/s1. The zero-order valence-corrected chi connectivity index (χ0v) is 17.1. The van der Waals surface area contributed by atoms with Gasteiger partial charge in [-0.25, -0.2) is 4.79 Å². The number of ether oxygens (including phenoxy) is 1. The Bertz CT molecular complexity index is 690. The Morgan fingerprint density at radius 1 is 1.11 bits per heavy atom. The van der Waals surface area contributed by atoms with Crippen molar-refractivity contribution in [3.8, 4) is 0 Å². The third-order valence-corrected chi connectivity index (χ3v) is 3.60. The second-order valence-electron chi connectivity index (χ2n) is 7.98. The van der Waals surface area contributed by atoms with E-state index in [2.05, 4.69) is 10.6 Å². The number of ketones is 1. The van der Waals surface area contributed by atoms with Gasteiger partial charge in [-0.1, -0.05) is 38.1 Å². The Balaban J connectivity index is 2.59. The van der Waals surface area contributed by atoms with Crippen LogP contribution in [0.5, 0.6) is 0 Å². The van der Waals surface area contributed by atoms with Gasteiger partial charge in [0.25, 0.3) is 0 Å². The van der Waals surface area contributed by atoms with Gasteiger partial charge in [0.2, 0.25) is 5.91 Å². The van der Waals surface area contributed by atoms with Crippen LogP contribution >= 0.6 is 0 Å². The lowest BCUT2D eigenvalue weighted by Gasteiger charge is -2.24. The van der Waals surface area contributed by atoms with Crippen molar-refractivity contribution in [3.63, 3.8) is 0 Å². The predicted molar refractivity (Wildman–Crippen MR) is 106 cm³/mol. The number of hydrogen-bond donors (Lipinski definition) is 2. The first-order valence-electron chi connectivity index (χ1n) is 9.20. The van der Waals surface area contributed by atoms with Crippen molar-refractivity contribution in [2.45, 2.75) is 59.1 Å². The molecule has 1 rings (SSSR count). The Morgan fingerprint density at radius 2 is 1.71 bits per heavy atom. The maximum absolute atomic E-state index is 12.4. The van der Waals surface area contributed by atoms with Crippen molar-refractivity contribution in [1.29, 1.82) is 0 Å². The molecule has 0 aliphatic carbocycles. The maximum atomic E-state index is 12.4. The molecular weight excluding hydrogens is 360 g/mol. The molecule has 153 valence electrons. The van der Waals surface area contributed by atoms with Crippen LogP contribution in [-0.2, 0) is 20.7 Å². The molecule has 7 nitrogen and oxygen atoms in total. The molecule has 1 radical (unpaired) electrons. The first kappa shape index (κ1) is 23.3. The van der Waals surface area contributed by atoms with Gasteiger partial charge in [-0.2, -0.15) is 0 Å². The van der Waals surface area contributed by atoms with Crippen LogP contribution in [0.3, 0.4) is 0 Å². The highest BCUT2D eigenvalue weighted by molar-refractivity contribution is 5.96. The number of aldehydes is 1. The average molecular weight is 389 g/mol. The van der Waals surface area contributed by atoms with E-state index in [9.17, 15) is 19.2 Å².